The summed E-state index contributed by atoms with van der Waals surface area (Å²) >= 11 is 0. The molecule has 0 aromatic heterocycles. The van der Waals surface area contributed by atoms with Gasteiger partial charge in [0.05, 0.1) is 0 Å². The molecule has 1 aliphatic heterocycles. The Morgan fingerprint density at radius 3 is 2.38 bits per heavy atom. The van der Waals surface area contributed by atoms with Crippen LogP contribution in [0.25, 0.3) is 0 Å². The molecule has 1 atom stereocenters. The van der Waals surface area contributed by atoms with Crippen molar-refractivity contribution in [2.24, 2.45) is 0 Å². The zero-order valence-electron chi connectivity index (χ0n) is 11.4. The van der Waals surface area contributed by atoms with Gasteiger partial charge >= 0.3 is 0 Å². The van der Waals surface area contributed by atoms with Gasteiger partial charge in [0.25, 0.3) is 0 Å². The Morgan fingerprint density at radius 2 is 1.81 bits per heavy atom. The van der Waals surface area contributed by atoms with Crippen LogP contribution in [0.5, 0.6) is 0 Å². The number of hydrogen-bond acceptors (Lipinski definition) is 2. The number of piperidine rings is 1. The molecule has 0 aromatic carbocycles. The van der Waals surface area contributed by atoms with E-state index >= 15 is 0 Å². The molecule has 0 amide bonds. The van der Waals surface area contributed by atoms with Crippen molar-refractivity contribution in [3.63, 3.8) is 0 Å². The molecule has 96 valence electrons. The lowest BCUT2D eigenvalue weighted by Gasteiger charge is -2.37. The monoisotopic (exact) mass is 226 g/mol. The van der Waals surface area contributed by atoms with Crippen molar-refractivity contribution >= 4 is 0 Å². The van der Waals surface area contributed by atoms with E-state index in [4.69, 9.17) is 0 Å². The first-order valence-electron chi connectivity index (χ1n) is 7.18. The number of rotatable bonds is 7. The van der Waals surface area contributed by atoms with Crippen LogP contribution in [0, 0.1) is 0 Å². The van der Waals surface area contributed by atoms with Crippen LogP contribution in [0.15, 0.2) is 0 Å². The van der Waals surface area contributed by atoms with Crippen molar-refractivity contribution in [2.75, 3.05) is 13.1 Å². The lowest BCUT2D eigenvalue weighted by molar-refractivity contribution is 0.236. The molecule has 0 radical (unpaired) electrons. The van der Waals surface area contributed by atoms with Crippen molar-refractivity contribution in [1.29, 1.82) is 0 Å². The van der Waals surface area contributed by atoms with E-state index in [9.17, 15) is 0 Å². The molecular weight excluding hydrogens is 196 g/mol. The molecule has 0 aromatic rings. The van der Waals surface area contributed by atoms with Crippen LogP contribution in [0.1, 0.15) is 65.7 Å². The largest absolute Gasteiger partial charge is 0.317 e. The Kier molecular flexibility index (Phi) is 6.37. The molecule has 1 heterocycles. The highest BCUT2D eigenvalue weighted by Crippen LogP contribution is 2.22. The van der Waals surface area contributed by atoms with Crippen LogP contribution >= 0.6 is 0 Å². The van der Waals surface area contributed by atoms with Crippen LogP contribution in [-0.2, 0) is 0 Å². The summed E-state index contributed by atoms with van der Waals surface area (Å²) in [5, 5.41) is 7.36. The zero-order valence-corrected chi connectivity index (χ0v) is 11.4. The SMILES string of the molecule is CCCCC(C)(CCC)NC1CCNCC1. The third kappa shape index (κ3) is 4.84. The summed E-state index contributed by atoms with van der Waals surface area (Å²) in [6.45, 7) is 9.39. The van der Waals surface area contributed by atoms with E-state index in [0.717, 1.165) is 6.04 Å². The van der Waals surface area contributed by atoms with Gasteiger partial charge in [-0.3, -0.25) is 0 Å². The summed E-state index contributed by atoms with van der Waals surface area (Å²) in [5.74, 6) is 0. The minimum absolute atomic E-state index is 0.382. The van der Waals surface area contributed by atoms with Gasteiger partial charge in [0.1, 0.15) is 0 Å². The Labute approximate surface area is 102 Å². The van der Waals surface area contributed by atoms with Gasteiger partial charge in [-0.25, -0.2) is 0 Å². The fourth-order valence-electron chi connectivity index (χ4n) is 2.85. The highest BCUT2D eigenvalue weighted by Gasteiger charge is 2.26. The second-order valence-electron chi connectivity index (χ2n) is 5.58. The predicted octanol–water partition coefficient (Wildman–Crippen LogP) is 3.08. The van der Waals surface area contributed by atoms with Gasteiger partial charge in [0, 0.05) is 11.6 Å². The normalized spacial score (nSPS) is 21.9. The minimum Gasteiger partial charge on any atom is -0.317 e. The molecule has 2 nitrogen and oxygen atoms in total. The molecule has 1 rings (SSSR count). The molecule has 0 bridgehead atoms. The highest BCUT2D eigenvalue weighted by atomic mass is 15.0. The fraction of sp³-hybridized carbons (Fsp3) is 1.00. The molecule has 2 N–H and O–H groups in total. The van der Waals surface area contributed by atoms with Crippen molar-refractivity contribution in [3.05, 3.63) is 0 Å². The number of nitrogens with one attached hydrogen (secondary N) is 2. The Morgan fingerprint density at radius 1 is 1.12 bits per heavy atom. The molecular formula is C14H30N2. The van der Waals surface area contributed by atoms with E-state index in [2.05, 4.69) is 31.4 Å². The average molecular weight is 226 g/mol. The zero-order chi connectivity index (χ0) is 11.9. The molecule has 1 unspecified atom stereocenters. The lowest BCUT2D eigenvalue weighted by atomic mass is 9.88. The summed E-state index contributed by atoms with van der Waals surface area (Å²) in [6, 6.07) is 0.745. The second-order valence-corrected chi connectivity index (χ2v) is 5.58. The predicted molar refractivity (Wildman–Crippen MR) is 71.9 cm³/mol. The van der Waals surface area contributed by atoms with E-state index in [1.165, 1.54) is 58.0 Å². The van der Waals surface area contributed by atoms with E-state index < -0.39 is 0 Å². The van der Waals surface area contributed by atoms with Gasteiger partial charge in [0.2, 0.25) is 0 Å². The summed E-state index contributed by atoms with van der Waals surface area (Å²) in [4.78, 5) is 0. The third-order valence-electron chi connectivity index (χ3n) is 3.78. The molecule has 1 aliphatic rings. The number of hydrogen-bond donors (Lipinski definition) is 2. The van der Waals surface area contributed by atoms with Crippen molar-refractivity contribution in [2.45, 2.75) is 77.3 Å². The first-order chi connectivity index (χ1) is 7.70. The van der Waals surface area contributed by atoms with Gasteiger partial charge in [-0.15, -0.1) is 0 Å². The Hall–Kier alpha value is -0.0800. The van der Waals surface area contributed by atoms with Gasteiger partial charge < -0.3 is 10.6 Å². The number of unbranched alkanes of at least 4 members (excludes halogenated alkanes) is 1. The second kappa shape index (κ2) is 7.29. The maximum atomic E-state index is 3.93. The van der Waals surface area contributed by atoms with Crippen molar-refractivity contribution < 1.29 is 0 Å². The smallest absolute Gasteiger partial charge is 0.0155 e. The van der Waals surface area contributed by atoms with E-state index in [0.29, 0.717) is 5.54 Å². The topological polar surface area (TPSA) is 24.1 Å². The van der Waals surface area contributed by atoms with Crippen molar-refractivity contribution in [1.82, 2.24) is 10.6 Å². The first kappa shape index (κ1) is 14.0. The summed E-state index contributed by atoms with van der Waals surface area (Å²) in [7, 11) is 0. The standard InChI is InChI=1S/C14H30N2/c1-4-6-10-14(3,9-5-2)16-13-7-11-15-12-8-13/h13,15-16H,4-12H2,1-3H3. The third-order valence-corrected chi connectivity index (χ3v) is 3.78. The summed E-state index contributed by atoms with van der Waals surface area (Å²) in [5.41, 5.74) is 0.382. The van der Waals surface area contributed by atoms with Crippen LogP contribution in [0.2, 0.25) is 0 Å². The average Bonchev–Trinajstić information content (AvgIpc) is 2.28. The minimum atomic E-state index is 0.382. The van der Waals surface area contributed by atoms with E-state index in [1.54, 1.807) is 0 Å². The first-order valence-corrected chi connectivity index (χ1v) is 7.18. The van der Waals surface area contributed by atoms with Gasteiger partial charge in [0.15, 0.2) is 0 Å². The van der Waals surface area contributed by atoms with Gasteiger partial charge in [-0.2, -0.15) is 0 Å². The van der Waals surface area contributed by atoms with Gasteiger partial charge in [-0.05, 0) is 45.7 Å². The summed E-state index contributed by atoms with van der Waals surface area (Å²) in [6.07, 6.45) is 9.20. The summed E-state index contributed by atoms with van der Waals surface area (Å²) < 4.78 is 0. The maximum Gasteiger partial charge on any atom is 0.0155 e. The Balaban J connectivity index is 2.40. The molecule has 1 fully saturated rings. The van der Waals surface area contributed by atoms with Gasteiger partial charge in [-0.1, -0.05) is 33.1 Å². The van der Waals surface area contributed by atoms with E-state index in [1.807, 2.05) is 0 Å². The maximum absolute atomic E-state index is 3.93. The molecule has 16 heavy (non-hydrogen) atoms. The van der Waals surface area contributed by atoms with Crippen LogP contribution in [0.4, 0.5) is 0 Å². The van der Waals surface area contributed by atoms with Crippen molar-refractivity contribution in [3.8, 4) is 0 Å². The Bertz CT molecular complexity index is 176. The lowest BCUT2D eigenvalue weighted by Crippen LogP contribution is -2.51. The highest BCUT2D eigenvalue weighted by molar-refractivity contribution is 4.88. The van der Waals surface area contributed by atoms with E-state index in [-0.39, 0.29) is 0 Å². The molecule has 2 heteroatoms. The molecule has 1 saturated heterocycles. The fourth-order valence-corrected chi connectivity index (χ4v) is 2.85. The molecule has 0 saturated carbocycles. The van der Waals surface area contributed by atoms with Crippen LogP contribution < -0.4 is 10.6 Å². The quantitative estimate of drug-likeness (QED) is 0.697. The van der Waals surface area contributed by atoms with Crippen LogP contribution in [0.3, 0.4) is 0 Å². The molecule has 0 spiro atoms. The van der Waals surface area contributed by atoms with Crippen LogP contribution in [-0.4, -0.2) is 24.7 Å². The molecule has 0 aliphatic carbocycles.